The van der Waals surface area contributed by atoms with Gasteiger partial charge in [0.2, 0.25) is 5.91 Å². The maximum Gasteiger partial charge on any atom is 0.253 e. The van der Waals surface area contributed by atoms with E-state index in [-0.39, 0.29) is 17.9 Å². The van der Waals surface area contributed by atoms with Crippen molar-refractivity contribution in [2.75, 3.05) is 38.5 Å². The van der Waals surface area contributed by atoms with Crippen molar-refractivity contribution in [3.05, 3.63) is 82.5 Å². The van der Waals surface area contributed by atoms with Gasteiger partial charge in [-0.25, -0.2) is 4.98 Å². The molecule has 2 amide bonds. The number of nitrogens with one attached hydrogen (secondary N) is 2. The molecule has 2 aliphatic rings. The molecule has 0 spiro atoms. The van der Waals surface area contributed by atoms with Crippen molar-refractivity contribution in [2.24, 2.45) is 0 Å². The van der Waals surface area contributed by atoms with Gasteiger partial charge < -0.3 is 26.0 Å². The summed E-state index contributed by atoms with van der Waals surface area (Å²) in [5, 5.41) is 6.66. The second kappa shape index (κ2) is 15.8. The summed E-state index contributed by atoms with van der Waals surface area (Å²) in [5.41, 5.74) is 9.97. The molecule has 1 atom stereocenters. The van der Waals surface area contributed by atoms with Gasteiger partial charge in [-0.1, -0.05) is 51.4 Å². The molecule has 8 nitrogen and oxygen atoms in total. The minimum absolute atomic E-state index is 0.0540. The number of hydrogen-bond donors (Lipinski definition) is 3. The van der Waals surface area contributed by atoms with Crippen molar-refractivity contribution < 1.29 is 14.3 Å². The number of carbonyl (C=O) groups excluding carboxylic acids is 2. The zero-order valence-corrected chi connectivity index (χ0v) is 25.0. The first kappa shape index (κ1) is 31.6. The summed E-state index contributed by atoms with van der Waals surface area (Å²) in [6.07, 6.45) is 5.16. The van der Waals surface area contributed by atoms with Crippen molar-refractivity contribution in [3.63, 3.8) is 0 Å². The second-order valence-electron chi connectivity index (χ2n) is 9.10. The van der Waals surface area contributed by atoms with Crippen LogP contribution in [0.3, 0.4) is 0 Å². The van der Waals surface area contributed by atoms with Gasteiger partial charge >= 0.3 is 0 Å². The van der Waals surface area contributed by atoms with E-state index in [4.69, 9.17) is 22.1 Å². The molecule has 9 heteroatoms. The smallest absolute Gasteiger partial charge is 0.253 e. The molecule has 3 aromatic rings. The number of nitrogen functional groups attached to an aromatic ring is 1. The Bertz CT molecular complexity index is 1320. The molecule has 1 aromatic heterocycles. The fourth-order valence-electron chi connectivity index (χ4n) is 4.48. The van der Waals surface area contributed by atoms with Crippen molar-refractivity contribution in [3.8, 4) is 16.9 Å². The van der Waals surface area contributed by atoms with Crippen LogP contribution >= 0.6 is 11.6 Å². The molecular weight excluding hydrogens is 538 g/mol. The lowest BCUT2D eigenvalue weighted by atomic mass is 9.99. The first-order valence-electron chi connectivity index (χ1n) is 14.2. The van der Waals surface area contributed by atoms with Crippen molar-refractivity contribution in [2.45, 2.75) is 40.2 Å². The van der Waals surface area contributed by atoms with Crippen LogP contribution in [0.4, 0.5) is 5.82 Å². The number of aromatic nitrogens is 1. The first-order valence-corrected chi connectivity index (χ1v) is 14.6. The van der Waals surface area contributed by atoms with Crippen LogP contribution in [0, 0.1) is 0 Å². The summed E-state index contributed by atoms with van der Waals surface area (Å²) in [4.78, 5) is 30.9. The lowest BCUT2D eigenvalue weighted by Gasteiger charge is -2.27. The summed E-state index contributed by atoms with van der Waals surface area (Å²) >= 11 is 6.56. The largest absolute Gasteiger partial charge is 0.486 e. The van der Waals surface area contributed by atoms with Gasteiger partial charge in [0.1, 0.15) is 17.7 Å². The molecular formula is C32H40ClN5O3. The third-order valence-electron chi connectivity index (χ3n) is 6.46. The fourth-order valence-corrected chi connectivity index (χ4v) is 4.77. The minimum Gasteiger partial charge on any atom is -0.486 e. The normalized spacial score (nSPS) is 15.5. The molecule has 1 fully saturated rings. The Morgan fingerprint density at radius 3 is 2.44 bits per heavy atom. The molecule has 3 heterocycles. The maximum atomic E-state index is 12.7. The predicted molar refractivity (Wildman–Crippen MR) is 167 cm³/mol. The van der Waals surface area contributed by atoms with Crippen molar-refractivity contribution in [1.29, 1.82) is 0 Å². The number of piperazine rings is 1. The molecule has 41 heavy (non-hydrogen) atoms. The monoisotopic (exact) mass is 577 g/mol. The minimum atomic E-state index is -0.223. The molecule has 0 saturated carbocycles. The summed E-state index contributed by atoms with van der Waals surface area (Å²) in [7, 11) is 0. The van der Waals surface area contributed by atoms with Gasteiger partial charge in [0.05, 0.1) is 11.6 Å². The van der Waals surface area contributed by atoms with E-state index < -0.39 is 0 Å². The second-order valence-corrected chi connectivity index (χ2v) is 9.51. The highest BCUT2D eigenvalue weighted by atomic mass is 35.5. The number of ether oxygens (including phenoxy) is 1. The molecule has 2 aromatic carbocycles. The van der Waals surface area contributed by atoms with E-state index in [1.54, 1.807) is 24.4 Å². The Balaban J connectivity index is 0.00000111. The van der Waals surface area contributed by atoms with E-state index in [1.165, 1.54) is 6.08 Å². The number of benzene rings is 2. The summed E-state index contributed by atoms with van der Waals surface area (Å²) in [5.74, 6) is 0.912. The zero-order valence-electron chi connectivity index (χ0n) is 24.2. The molecule has 4 N–H and O–H groups in total. The number of amides is 2. The quantitative estimate of drug-likeness (QED) is 0.347. The molecule has 5 rings (SSSR count). The third-order valence-corrected chi connectivity index (χ3v) is 6.74. The molecule has 1 unspecified atom stereocenters. The van der Waals surface area contributed by atoms with Crippen molar-refractivity contribution in [1.82, 2.24) is 20.5 Å². The Morgan fingerprint density at radius 2 is 1.78 bits per heavy atom. The average Bonchev–Trinajstić information content (AvgIpc) is 3.46. The van der Waals surface area contributed by atoms with Gasteiger partial charge in [0, 0.05) is 56.0 Å². The highest BCUT2D eigenvalue weighted by molar-refractivity contribution is 6.32. The van der Waals surface area contributed by atoms with Crippen LogP contribution in [0.1, 0.15) is 49.2 Å². The van der Waals surface area contributed by atoms with E-state index in [9.17, 15) is 9.59 Å². The topological polar surface area (TPSA) is 110 Å². The average molecular weight is 578 g/mol. The highest BCUT2D eigenvalue weighted by Crippen LogP contribution is 2.39. The van der Waals surface area contributed by atoms with Crippen LogP contribution in [0.15, 0.2) is 60.8 Å². The summed E-state index contributed by atoms with van der Waals surface area (Å²) in [6, 6.07) is 15.0. The number of rotatable bonds is 6. The Kier molecular flexibility index (Phi) is 12.2. The maximum absolute atomic E-state index is 12.7. The number of pyridine rings is 1. The van der Waals surface area contributed by atoms with Crippen LogP contribution < -0.4 is 21.1 Å². The highest BCUT2D eigenvalue weighted by Gasteiger charge is 2.26. The number of halogens is 1. The van der Waals surface area contributed by atoms with Gasteiger partial charge in [-0.3, -0.25) is 9.59 Å². The standard InChI is InChI=1S/C28H28ClN5O3.2C2H6/c29-24-15-21(19-3-5-20(6-4-19)28(36)34-11-9-31-10-12-34)13-22-14-23(37-27(22)24)17-33-26(35)8-2-18-1-7-25(30)32-16-18;2*1-2/h1-8,13,15-16,23,31H,9-12,14,17H2,(H2,30,32)(H,33,35);2*1-2H3/b8-2+;;. The Labute approximate surface area is 247 Å². The van der Waals surface area contributed by atoms with Crippen LogP contribution in [0.25, 0.3) is 17.2 Å². The van der Waals surface area contributed by atoms with Crippen molar-refractivity contribution >= 4 is 35.3 Å². The molecule has 0 aliphatic carbocycles. The molecule has 1 saturated heterocycles. The third kappa shape index (κ3) is 8.55. The van der Waals surface area contributed by atoms with Gasteiger partial charge in [-0.15, -0.1) is 0 Å². The van der Waals surface area contributed by atoms with E-state index in [0.717, 1.165) is 48.4 Å². The van der Waals surface area contributed by atoms with E-state index >= 15 is 0 Å². The lowest BCUT2D eigenvalue weighted by molar-refractivity contribution is -0.116. The van der Waals surface area contributed by atoms with Gasteiger partial charge in [-0.05, 0) is 59.2 Å². The first-order chi connectivity index (χ1) is 20.0. The lowest BCUT2D eigenvalue weighted by Crippen LogP contribution is -2.46. The molecule has 218 valence electrons. The van der Waals surface area contributed by atoms with E-state index in [1.807, 2.05) is 62.9 Å². The van der Waals surface area contributed by atoms with Gasteiger partial charge in [0.15, 0.2) is 0 Å². The molecule has 2 aliphatic heterocycles. The molecule has 0 radical (unpaired) electrons. The van der Waals surface area contributed by atoms with E-state index in [2.05, 4.69) is 21.7 Å². The van der Waals surface area contributed by atoms with Crippen LogP contribution in [0.2, 0.25) is 5.02 Å². The summed E-state index contributed by atoms with van der Waals surface area (Å²) < 4.78 is 6.02. The van der Waals surface area contributed by atoms with Gasteiger partial charge in [0.25, 0.3) is 5.91 Å². The van der Waals surface area contributed by atoms with Crippen LogP contribution in [-0.2, 0) is 11.2 Å². The number of anilines is 1. The van der Waals surface area contributed by atoms with Crippen LogP contribution in [-0.4, -0.2) is 60.5 Å². The van der Waals surface area contributed by atoms with Crippen LogP contribution in [0.5, 0.6) is 5.75 Å². The summed E-state index contributed by atoms with van der Waals surface area (Å²) in [6.45, 7) is 11.4. The Hall–Kier alpha value is -3.88. The number of nitrogens with zero attached hydrogens (tertiary/aromatic N) is 2. The number of fused-ring (bicyclic) bond motifs is 1. The number of hydrogen-bond acceptors (Lipinski definition) is 6. The SMILES string of the molecule is CC.CC.Nc1ccc(/C=C/C(=O)NCC2Cc3cc(-c4ccc(C(=O)N5CCNCC5)cc4)cc(Cl)c3O2)cn1. The van der Waals surface area contributed by atoms with E-state index in [0.29, 0.717) is 35.1 Å². The number of nitrogens with two attached hydrogens (primary N) is 1. The van der Waals surface area contributed by atoms with Gasteiger partial charge in [-0.2, -0.15) is 0 Å². The predicted octanol–water partition coefficient (Wildman–Crippen LogP) is 5.22. The fraction of sp³-hybridized carbons (Fsp3) is 0.344. The number of carbonyl (C=O) groups is 2. The zero-order chi connectivity index (χ0) is 29.8. The molecule has 0 bridgehead atoms. The Morgan fingerprint density at radius 1 is 1.07 bits per heavy atom.